The number of hydrogen-bond donors (Lipinski definition) is 1. The summed E-state index contributed by atoms with van der Waals surface area (Å²) in [6.45, 7) is 4.81. The van der Waals surface area contributed by atoms with Crippen LogP contribution in [0.15, 0.2) is 47.6 Å². The summed E-state index contributed by atoms with van der Waals surface area (Å²) in [6, 6.07) is 11.5. The van der Waals surface area contributed by atoms with Gasteiger partial charge in [0.25, 0.3) is 11.6 Å². The second kappa shape index (κ2) is 9.16. The number of nitro groups is 1. The van der Waals surface area contributed by atoms with Crippen molar-refractivity contribution in [2.75, 3.05) is 13.2 Å². The first-order valence-corrected chi connectivity index (χ1v) is 9.74. The molecule has 0 atom stereocenters. The Hall–Kier alpha value is -3.46. The van der Waals surface area contributed by atoms with E-state index >= 15 is 0 Å². The fourth-order valence-corrected chi connectivity index (χ4v) is 3.56. The molecule has 9 heteroatoms. The Balaban J connectivity index is 1.71. The van der Waals surface area contributed by atoms with Gasteiger partial charge in [0.2, 0.25) is 0 Å². The highest BCUT2D eigenvalue weighted by Crippen LogP contribution is 2.29. The minimum atomic E-state index is -0.464. The molecule has 3 aromatic rings. The molecule has 0 unspecified atom stereocenters. The Morgan fingerprint density at radius 3 is 2.62 bits per heavy atom. The van der Waals surface area contributed by atoms with Gasteiger partial charge < -0.3 is 9.47 Å². The summed E-state index contributed by atoms with van der Waals surface area (Å²) in [4.78, 5) is 23.2. The van der Waals surface area contributed by atoms with Gasteiger partial charge in [-0.2, -0.15) is 5.10 Å². The molecular weight excluding hydrogens is 394 g/mol. The van der Waals surface area contributed by atoms with Gasteiger partial charge in [-0.3, -0.25) is 14.9 Å². The predicted molar refractivity (Wildman–Crippen MR) is 112 cm³/mol. The van der Waals surface area contributed by atoms with E-state index in [1.165, 1.54) is 29.7 Å². The van der Waals surface area contributed by atoms with E-state index in [1.807, 2.05) is 19.9 Å². The molecule has 150 valence electrons. The summed E-state index contributed by atoms with van der Waals surface area (Å²) < 4.78 is 11.9. The normalized spacial score (nSPS) is 11.0. The second-order valence-electron chi connectivity index (χ2n) is 5.86. The number of fused-ring (bicyclic) bond motifs is 1. The van der Waals surface area contributed by atoms with Crippen LogP contribution in [0.2, 0.25) is 0 Å². The summed E-state index contributed by atoms with van der Waals surface area (Å²) in [7, 11) is 0. The van der Waals surface area contributed by atoms with Crippen molar-refractivity contribution in [2.24, 2.45) is 5.10 Å². The number of thiophene rings is 1. The molecule has 0 spiro atoms. The second-order valence-corrected chi connectivity index (χ2v) is 6.94. The average molecular weight is 413 g/mol. The Morgan fingerprint density at radius 2 is 1.90 bits per heavy atom. The zero-order chi connectivity index (χ0) is 20.8. The molecular formula is C20H19N3O5S. The van der Waals surface area contributed by atoms with Gasteiger partial charge in [-0.25, -0.2) is 5.43 Å². The van der Waals surface area contributed by atoms with Crippen molar-refractivity contribution in [2.45, 2.75) is 13.8 Å². The standard InChI is InChI=1S/C20H19N3O5S/c1-3-27-16-7-5-13(9-17(16)28-4-2)12-21-22-20(24)19-11-14-10-15(23(25)26)6-8-18(14)29-19/h5-12H,3-4H2,1-2H3,(H,22,24). The van der Waals surface area contributed by atoms with Crippen molar-refractivity contribution >= 4 is 39.2 Å². The van der Waals surface area contributed by atoms with E-state index in [0.717, 1.165) is 10.3 Å². The van der Waals surface area contributed by atoms with E-state index in [4.69, 9.17) is 9.47 Å². The third kappa shape index (κ3) is 4.88. The van der Waals surface area contributed by atoms with Crippen LogP contribution in [0.3, 0.4) is 0 Å². The molecule has 0 aliphatic rings. The van der Waals surface area contributed by atoms with Crippen molar-refractivity contribution in [1.82, 2.24) is 5.43 Å². The molecule has 8 nitrogen and oxygen atoms in total. The fourth-order valence-electron chi connectivity index (χ4n) is 2.62. The number of nitrogens with zero attached hydrogens (tertiary/aromatic N) is 2. The Labute approximate surface area is 170 Å². The SMILES string of the molecule is CCOc1ccc(C=NNC(=O)c2cc3cc([N+](=O)[O-])ccc3s2)cc1OCC. The minimum absolute atomic E-state index is 0.0131. The lowest BCUT2D eigenvalue weighted by Gasteiger charge is -2.11. The number of nitro benzene ring substituents is 1. The molecule has 1 heterocycles. The molecule has 3 rings (SSSR count). The van der Waals surface area contributed by atoms with Gasteiger partial charge in [0.15, 0.2) is 11.5 Å². The van der Waals surface area contributed by atoms with E-state index in [9.17, 15) is 14.9 Å². The van der Waals surface area contributed by atoms with Gasteiger partial charge in [-0.1, -0.05) is 0 Å². The molecule has 1 N–H and O–H groups in total. The molecule has 2 aromatic carbocycles. The first-order chi connectivity index (χ1) is 14.0. The highest BCUT2D eigenvalue weighted by Gasteiger charge is 2.13. The van der Waals surface area contributed by atoms with Crippen LogP contribution in [0, 0.1) is 10.1 Å². The molecule has 0 fully saturated rings. The highest BCUT2D eigenvalue weighted by molar-refractivity contribution is 7.20. The van der Waals surface area contributed by atoms with Crippen molar-refractivity contribution in [3.8, 4) is 11.5 Å². The number of hydrazone groups is 1. The highest BCUT2D eigenvalue weighted by atomic mass is 32.1. The maximum Gasteiger partial charge on any atom is 0.281 e. The summed E-state index contributed by atoms with van der Waals surface area (Å²) in [5.41, 5.74) is 3.20. The smallest absolute Gasteiger partial charge is 0.281 e. The summed E-state index contributed by atoms with van der Waals surface area (Å²) in [5, 5.41) is 15.5. The number of non-ortho nitro benzene ring substituents is 1. The number of ether oxygens (including phenoxy) is 2. The fraction of sp³-hybridized carbons (Fsp3) is 0.200. The van der Waals surface area contributed by atoms with E-state index in [1.54, 1.807) is 24.3 Å². The lowest BCUT2D eigenvalue weighted by molar-refractivity contribution is -0.384. The monoisotopic (exact) mass is 413 g/mol. The van der Waals surface area contributed by atoms with Crippen LogP contribution in [-0.2, 0) is 0 Å². The topological polar surface area (TPSA) is 103 Å². The molecule has 0 saturated carbocycles. The molecule has 0 radical (unpaired) electrons. The van der Waals surface area contributed by atoms with Crippen LogP contribution in [0.1, 0.15) is 29.1 Å². The molecule has 0 bridgehead atoms. The van der Waals surface area contributed by atoms with Gasteiger partial charge >= 0.3 is 0 Å². The van der Waals surface area contributed by atoms with Crippen LogP contribution in [0.25, 0.3) is 10.1 Å². The third-order valence-electron chi connectivity index (χ3n) is 3.88. The van der Waals surface area contributed by atoms with E-state index < -0.39 is 4.92 Å². The van der Waals surface area contributed by atoms with Gasteiger partial charge in [0.1, 0.15) is 0 Å². The van der Waals surface area contributed by atoms with Gasteiger partial charge in [0, 0.05) is 22.2 Å². The van der Waals surface area contributed by atoms with Crippen LogP contribution in [-0.4, -0.2) is 30.3 Å². The number of carbonyl (C=O) groups excluding carboxylic acids is 1. The number of rotatable bonds is 8. The first kappa shape index (κ1) is 20.3. The van der Waals surface area contributed by atoms with Gasteiger partial charge in [0.05, 0.1) is 29.2 Å². The van der Waals surface area contributed by atoms with E-state index in [2.05, 4.69) is 10.5 Å². The maximum absolute atomic E-state index is 12.3. The van der Waals surface area contributed by atoms with Crippen LogP contribution in [0.4, 0.5) is 5.69 Å². The van der Waals surface area contributed by atoms with Crippen molar-refractivity contribution in [1.29, 1.82) is 0 Å². The van der Waals surface area contributed by atoms with Crippen LogP contribution < -0.4 is 14.9 Å². The summed E-state index contributed by atoms with van der Waals surface area (Å²) >= 11 is 1.24. The van der Waals surface area contributed by atoms with Crippen molar-refractivity contribution < 1.29 is 19.2 Å². The number of nitrogens with one attached hydrogen (secondary N) is 1. The third-order valence-corrected chi connectivity index (χ3v) is 5.00. The molecule has 0 aliphatic heterocycles. The minimum Gasteiger partial charge on any atom is -0.490 e. The summed E-state index contributed by atoms with van der Waals surface area (Å²) in [6.07, 6.45) is 1.51. The van der Waals surface area contributed by atoms with Crippen molar-refractivity contribution in [3.05, 3.63) is 63.0 Å². The van der Waals surface area contributed by atoms with E-state index in [-0.39, 0.29) is 11.6 Å². The lowest BCUT2D eigenvalue weighted by atomic mass is 10.2. The van der Waals surface area contributed by atoms with Crippen LogP contribution >= 0.6 is 11.3 Å². The van der Waals surface area contributed by atoms with Crippen molar-refractivity contribution in [3.63, 3.8) is 0 Å². The number of amides is 1. The number of carbonyl (C=O) groups is 1. The Morgan fingerprint density at radius 1 is 1.14 bits per heavy atom. The predicted octanol–water partition coefficient (Wildman–Crippen LogP) is 4.37. The molecule has 0 saturated heterocycles. The Kier molecular flexibility index (Phi) is 6.40. The number of benzene rings is 2. The maximum atomic E-state index is 12.3. The lowest BCUT2D eigenvalue weighted by Crippen LogP contribution is -2.16. The van der Waals surface area contributed by atoms with Gasteiger partial charge in [-0.05, 0) is 49.7 Å². The quantitative estimate of drug-likeness (QED) is 0.335. The zero-order valence-electron chi connectivity index (χ0n) is 15.9. The molecule has 0 aliphatic carbocycles. The Bertz CT molecular complexity index is 1080. The molecule has 29 heavy (non-hydrogen) atoms. The largest absolute Gasteiger partial charge is 0.490 e. The summed E-state index contributed by atoms with van der Waals surface area (Å²) in [5.74, 6) is 0.867. The average Bonchev–Trinajstić information content (AvgIpc) is 3.13. The first-order valence-electron chi connectivity index (χ1n) is 8.92. The van der Waals surface area contributed by atoms with Gasteiger partial charge in [-0.15, -0.1) is 11.3 Å². The zero-order valence-corrected chi connectivity index (χ0v) is 16.7. The number of hydrogen-bond acceptors (Lipinski definition) is 7. The molecule has 1 amide bonds. The van der Waals surface area contributed by atoms with Crippen LogP contribution in [0.5, 0.6) is 11.5 Å². The molecule has 1 aromatic heterocycles. The van der Waals surface area contributed by atoms with E-state index in [0.29, 0.717) is 35.0 Å².